The van der Waals surface area contributed by atoms with Crippen molar-refractivity contribution in [3.8, 4) is 11.4 Å². The molecule has 2 heterocycles. The van der Waals surface area contributed by atoms with E-state index in [4.69, 9.17) is 5.11 Å². The van der Waals surface area contributed by atoms with Crippen molar-refractivity contribution in [3.05, 3.63) is 15.8 Å². The third kappa shape index (κ3) is 2.07. The van der Waals surface area contributed by atoms with Gasteiger partial charge in [-0.25, -0.2) is 9.59 Å². The van der Waals surface area contributed by atoms with E-state index in [9.17, 15) is 9.59 Å². The van der Waals surface area contributed by atoms with Gasteiger partial charge in [0.1, 0.15) is 9.75 Å². The van der Waals surface area contributed by atoms with Gasteiger partial charge < -0.3 is 9.84 Å². The minimum atomic E-state index is -1.12. The van der Waals surface area contributed by atoms with Crippen molar-refractivity contribution < 1.29 is 19.4 Å². The van der Waals surface area contributed by atoms with Gasteiger partial charge >= 0.3 is 11.9 Å². The van der Waals surface area contributed by atoms with E-state index in [0.29, 0.717) is 5.56 Å². The molecule has 0 fully saturated rings. The van der Waals surface area contributed by atoms with E-state index < -0.39 is 11.9 Å². The van der Waals surface area contributed by atoms with Gasteiger partial charge in [0.25, 0.3) is 0 Å². The summed E-state index contributed by atoms with van der Waals surface area (Å²) < 4.78 is 4.59. The van der Waals surface area contributed by atoms with Crippen LogP contribution in [0.25, 0.3) is 11.4 Å². The minimum absolute atomic E-state index is 0.0119. The summed E-state index contributed by atoms with van der Waals surface area (Å²) in [5.74, 6) is -1.57. The summed E-state index contributed by atoms with van der Waals surface area (Å²) in [4.78, 5) is 23.8. The Balaban J connectivity index is 2.57. The zero-order valence-electron chi connectivity index (χ0n) is 9.45. The fourth-order valence-corrected chi connectivity index (χ4v) is 2.21. The van der Waals surface area contributed by atoms with E-state index in [1.165, 1.54) is 18.0 Å². The molecule has 9 heteroatoms. The van der Waals surface area contributed by atoms with Crippen molar-refractivity contribution in [2.45, 2.75) is 0 Å². The molecule has 0 aromatic carbocycles. The van der Waals surface area contributed by atoms with Crippen molar-refractivity contribution in [1.29, 1.82) is 0 Å². The van der Waals surface area contributed by atoms with Gasteiger partial charge in [-0.05, 0) is 11.3 Å². The number of hydrogen-bond acceptors (Lipinski definition) is 7. The van der Waals surface area contributed by atoms with E-state index >= 15 is 0 Å². The second kappa shape index (κ2) is 4.53. The maximum atomic E-state index is 11.6. The molecule has 2 aromatic heterocycles. The number of carboxylic acids is 1. The van der Waals surface area contributed by atoms with Crippen LogP contribution >= 0.6 is 11.3 Å². The van der Waals surface area contributed by atoms with Crippen molar-refractivity contribution in [3.63, 3.8) is 0 Å². The minimum Gasteiger partial charge on any atom is -0.477 e. The third-order valence-electron chi connectivity index (χ3n) is 2.06. The van der Waals surface area contributed by atoms with Crippen molar-refractivity contribution >= 4 is 23.3 Å². The smallest absolute Gasteiger partial charge is 0.348 e. The Bertz CT molecular complexity index is 618. The molecule has 0 unspecified atom stereocenters. The van der Waals surface area contributed by atoms with Gasteiger partial charge in [-0.3, -0.25) is 0 Å². The summed E-state index contributed by atoms with van der Waals surface area (Å²) in [5.41, 5.74) is 0.303. The molecular formula is C9H8N4O4S. The number of carboxylic acid groups (broad SMARTS) is 1. The average Bonchev–Trinajstić information content (AvgIpc) is 2.93. The molecule has 2 aromatic rings. The zero-order chi connectivity index (χ0) is 13.3. The number of hydrogen-bond donors (Lipinski definition) is 1. The van der Waals surface area contributed by atoms with Crippen LogP contribution in [0.3, 0.4) is 0 Å². The van der Waals surface area contributed by atoms with Crippen molar-refractivity contribution in [2.24, 2.45) is 7.05 Å². The van der Waals surface area contributed by atoms with Gasteiger partial charge in [-0.1, -0.05) is 0 Å². The Kier molecular flexibility index (Phi) is 3.06. The Morgan fingerprint density at radius 2 is 2.22 bits per heavy atom. The first-order valence-corrected chi connectivity index (χ1v) is 5.54. The van der Waals surface area contributed by atoms with Gasteiger partial charge in [0.15, 0.2) is 0 Å². The first-order chi connectivity index (χ1) is 8.52. The molecule has 0 amide bonds. The van der Waals surface area contributed by atoms with Crippen LogP contribution in [-0.2, 0) is 11.8 Å². The Labute approximate surface area is 105 Å². The highest BCUT2D eigenvalue weighted by atomic mass is 32.1. The van der Waals surface area contributed by atoms with Crippen LogP contribution in [0.2, 0.25) is 0 Å². The number of ether oxygens (including phenoxy) is 1. The predicted octanol–water partition coefficient (Wildman–Crippen LogP) is 0.423. The van der Waals surface area contributed by atoms with E-state index in [-0.39, 0.29) is 15.6 Å². The van der Waals surface area contributed by atoms with Gasteiger partial charge in [0.2, 0.25) is 5.82 Å². The van der Waals surface area contributed by atoms with E-state index in [2.05, 4.69) is 20.1 Å². The lowest BCUT2D eigenvalue weighted by atomic mass is 10.2. The van der Waals surface area contributed by atoms with Crippen molar-refractivity contribution in [1.82, 2.24) is 20.2 Å². The summed E-state index contributed by atoms with van der Waals surface area (Å²) in [6.45, 7) is 0. The highest BCUT2D eigenvalue weighted by molar-refractivity contribution is 7.16. The highest BCUT2D eigenvalue weighted by Gasteiger charge is 2.23. The first kappa shape index (κ1) is 12.2. The molecule has 18 heavy (non-hydrogen) atoms. The molecule has 0 radical (unpaired) electrons. The van der Waals surface area contributed by atoms with Crippen LogP contribution < -0.4 is 0 Å². The third-order valence-corrected chi connectivity index (χ3v) is 3.17. The second-order valence-corrected chi connectivity index (χ2v) is 4.30. The summed E-state index contributed by atoms with van der Waals surface area (Å²) in [7, 11) is 2.79. The Hall–Kier alpha value is -2.29. The van der Waals surface area contributed by atoms with Gasteiger partial charge in [-0.15, -0.1) is 21.5 Å². The fraction of sp³-hybridized carbons (Fsp3) is 0.222. The number of carbonyl (C=O) groups excluding carboxylic acids is 1. The quantitative estimate of drug-likeness (QED) is 0.804. The Morgan fingerprint density at radius 3 is 2.72 bits per heavy atom. The normalized spacial score (nSPS) is 10.3. The number of methoxy groups -OCH3 is 1. The van der Waals surface area contributed by atoms with Crippen LogP contribution in [0.1, 0.15) is 19.3 Å². The molecule has 0 saturated heterocycles. The number of thiophene rings is 1. The first-order valence-electron chi connectivity index (χ1n) is 4.72. The molecule has 0 bridgehead atoms. The molecule has 0 atom stereocenters. The number of aromatic carboxylic acids is 1. The number of rotatable bonds is 3. The number of carbonyl (C=O) groups is 2. The molecule has 8 nitrogen and oxygen atoms in total. The van der Waals surface area contributed by atoms with Crippen molar-refractivity contribution in [2.75, 3.05) is 7.11 Å². The summed E-state index contributed by atoms with van der Waals surface area (Å²) in [6, 6.07) is 1.33. The maximum absolute atomic E-state index is 11.6. The maximum Gasteiger partial charge on any atom is 0.348 e. The fourth-order valence-electron chi connectivity index (χ4n) is 1.30. The molecular weight excluding hydrogens is 260 g/mol. The topological polar surface area (TPSA) is 107 Å². The molecule has 0 spiro atoms. The average molecular weight is 268 g/mol. The van der Waals surface area contributed by atoms with Gasteiger partial charge in [0, 0.05) is 5.56 Å². The van der Waals surface area contributed by atoms with Crippen LogP contribution in [-0.4, -0.2) is 44.4 Å². The van der Waals surface area contributed by atoms with Gasteiger partial charge in [0.05, 0.1) is 14.2 Å². The number of aryl methyl sites for hydroxylation is 1. The number of esters is 1. The number of tetrazole rings is 1. The second-order valence-electron chi connectivity index (χ2n) is 3.25. The Morgan fingerprint density at radius 1 is 1.50 bits per heavy atom. The zero-order valence-corrected chi connectivity index (χ0v) is 10.3. The van der Waals surface area contributed by atoms with Crippen LogP contribution in [0.4, 0.5) is 0 Å². The van der Waals surface area contributed by atoms with Gasteiger partial charge in [-0.2, -0.15) is 4.80 Å². The standard InChI is InChI=1S/C9H8N4O4S/c1-13-11-7(10-12-13)4-3-5(8(14)15)18-6(4)9(16)17-2/h3H,1-2H3,(H,14,15). The highest BCUT2D eigenvalue weighted by Crippen LogP contribution is 2.29. The summed E-state index contributed by atoms with van der Waals surface area (Å²) >= 11 is 0.813. The lowest BCUT2D eigenvalue weighted by Gasteiger charge is -1.96. The molecule has 2 rings (SSSR count). The monoisotopic (exact) mass is 268 g/mol. The number of aromatic nitrogens is 4. The summed E-state index contributed by atoms with van der Waals surface area (Å²) in [5, 5.41) is 20.2. The van der Waals surface area contributed by atoms with E-state index in [0.717, 1.165) is 11.3 Å². The van der Waals surface area contributed by atoms with E-state index in [1.54, 1.807) is 7.05 Å². The van der Waals surface area contributed by atoms with Crippen LogP contribution in [0.5, 0.6) is 0 Å². The largest absolute Gasteiger partial charge is 0.477 e. The SMILES string of the molecule is COC(=O)c1sc(C(=O)O)cc1-c1nnn(C)n1. The van der Waals surface area contributed by atoms with E-state index in [1.807, 2.05) is 0 Å². The lowest BCUT2D eigenvalue weighted by molar-refractivity contribution is 0.0606. The predicted molar refractivity (Wildman–Crippen MR) is 60.4 cm³/mol. The molecule has 1 N–H and O–H groups in total. The van der Waals surface area contributed by atoms with Crippen LogP contribution in [0.15, 0.2) is 6.07 Å². The molecule has 0 aliphatic heterocycles. The van der Waals surface area contributed by atoms with Crippen LogP contribution in [0, 0.1) is 0 Å². The molecule has 0 aliphatic rings. The lowest BCUT2D eigenvalue weighted by Crippen LogP contribution is -2.00. The summed E-state index contributed by atoms with van der Waals surface area (Å²) in [6.07, 6.45) is 0. The molecule has 94 valence electrons. The number of nitrogens with zero attached hydrogens (tertiary/aromatic N) is 4. The molecule has 0 aliphatic carbocycles. The molecule has 0 saturated carbocycles.